The summed E-state index contributed by atoms with van der Waals surface area (Å²) in [6, 6.07) is 0. The monoisotopic (exact) mass is 532 g/mol. The molecule has 0 aromatic carbocycles. The third-order valence-corrected chi connectivity index (χ3v) is 8.04. The zero-order valence-electron chi connectivity index (χ0n) is 24.2. The Morgan fingerprint density at radius 2 is 1.31 bits per heavy atom. The first kappa shape index (κ1) is 33.8. The molecule has 1 rings (SSSR count). The molecular weight excluding hydrogens is 473 g/mol. The summed E-state index contributed by atoms with van der Waals surface area (Å²) in [5.74, 6) is 0. The molecule has 0 saturated heterocycles. The number of rotatable bonds is 23. The van der Waals surface area contributed by atoms with E-state index in [0.29, 0.717) is 17.6 Å². The quantitative estimate of drug-likeness (QED) is 0.0622. The van der Waals surface area contributed by atoms with Gasteiger partial charge in [0.1, 0.15) is 13.2 Å². The van der Waals surface area contributed by atoms with Crippen molar-refractivity contribution >= 4 is 7.82 Å². The fourth-order valence-electron chi connectivity index (χ4n) is 4.64. The van der Waals surface area contributed by atoms with Crippen LogP contribution in [-0.4, -0.2) is 63.0 Å². The summed E-state index contributed by atoms with van der Waals surface area (Å²) in [5.41, 5.74) is 1.58. The van der Waals surface area contributed by atoms with Gasteiger partial charge in [-0.3, -0.25) is 9.05 Å². The lowest BCUT2D eigenvalue weighted by molar-refractivity contribution is -0.870. The number of unbranched alkanes of at least 4 members (excludes halogenated alkanes) is 13. The smallest absolute Gasteiger partial charge is 0.376 e. The number of nitrogens with zero attached hydrogens (tertiary/aromatic N) is 1. The topological polar surface area (TPSA) is 65.0 Å². The zero-order valence-corrected chi connectivity index (χ0v) is 25.1. The Hall–Kier alpha value is -0.230. The van der Waals surface area contributed by atoms with Crippen LogP contribution in [0.5, 0.6) is 0 Å². The summed E-state index contributed by atoms with van der Waals surface area (Å²) in [6.07, 6.45) is 26.4. The molecule has 0 radical (unpaired) electrons. The summed E-state index contributed by atoms with van der Waals surface area (Å²) in [6.45, 7) is 3.52. The van der Waals surface area contributed by atoms with E-state index in [9.17, 15) is 9.46 Å². The third kappa shape index (κ3) is 20.8. The normalized spacial score (nSPS) is 18.4. The molecule has 0 aromatic heterocycles. The molecule has 214 valence electrons. The van der Waals surface area contributed by atoms with Crippen molar-refractivity contribution in [1.82, 2.24) is 0 Å². The van der Waals surface area contributed by atoms with Crippen molar-refractivity contribution in [3.63, 3.8) is 0 Å². The van der Waals surface area contributed by atoms with Crippen LogP contribution in [0.2, 0.25) is 0 Å². The maximum absolute atomic E-state index is 11.9. The molecule has 7 heteroatoms. The van der Waals surface area contributed by atoms with Gasteiger partial charge in [-0.25, -0.2) is 4.57 Å². The van der Waals surface area contributed by atoms with Crippen molar-refractivity contribution in [2.45, 2.75) is 129 Å². The number of hydrogen-bond donors (Lipinski definition) is 1. The number of likely N-dealkylation sites (N-methyl/N-ethyl adjacent to an activating group) is 1. The summed E-state index contributed by atoms with van der Waals surface area (Å²) in [4.78, 5) is 9.75. The predicted octanol–water partition coefficient (Wildman–Crippen LogP) is 8.19. The van der Waals surface area contributed by atoms with Crippen molar-refractivity contribution in [3.05, 3.63) is 11.6 Å². The lowest BCUT2D eigenvalue weighted by atomic mass is 9.91. The first-order chi connectivity index (χ1) is 17.2. The van der Waals surface area contributed by atoms with E-state index in [2.05, 4.69) is 13.0 Å². The minimum Gasteiger partial charge on any atom is -0.376 e. The molecule has 1 N–H and O–H groups in total. The highest BCUT2D eigenvalue weighted by molar-refractivity contribution is 7.47. The van der Waals surface area contributed by atoms with E-state index in [0.717, 1.165) is 25.7 Å². The van der Waals surface area contributed by atoms with Crippen molar-refractivity contribution in [1.29, 1.82) is 0 Å². The SMILES string of the molecule is CCCCCCCCCCCCCCCC=C1CCC(OCCOP(=O)(O)OCC[N+](C)(C)C)CC1. The van der Waals surface area contributed by atoms with Crippen LogP contribution in [0.1, 0.15) is 122 Å². The number of ether oxygens (including phenoxy) is 1. The van der Waals surface area contributed by atoms with Gasteiger partial charge >= 0.3 is 7.82 Å². The van der Waals surface area contributed by atoms with Crippen LogP contribution < -0.4 is 0 Å². The molecule has 0 aromatic rings. The Bertz CT molecular complexity index is 595. The highest BCUT2D eigenvalue weighted by Gasteiger charge is 2.23. The largest absolute Gasteiger partial charge is 0.472 e. The Balaban J connectivity index is 1.94. The van der Waals surface area contributed by atoms with Gasteiger partial charge in [-0.1, -0.05) is 95.6 Å². The van der Waals surface area contributed by atoms with Crippen LogP contribution in [0, 0.1) is 0 Å². The molecule has 1 atom stereocenters. The molecule has 1 fully saturated rings. The van der Waals surface area contributed by atoms with Crippen LogP contribution in [0.3, 0.4) is 0 Å². The highest BCUT2D eigenvalue weighted by atomic mass is 31.2. The van der Waals surface area contributed by atoms with Crippen LogP contribution in [0.4, 0.5) is 0 Å². The molecular formula is C29H59NO5P+. The number of phosphoric acid groups is 1. The van der Waals surface area contributed by atoms with E-state index >= 15 is 0 Å². The average molecular weight is 533 g/mol. The van der Waals surface area contributed by atoms with Gasteiger partial charge in [-0.2, -0.15) is 0 Å². The second-order valence-electron chi connectivity index (χ2n) is 11.6. The van der Waals surface area contributed by atoms with Gasteiger partial charge in [0.25, 0.3) is 0 Å². The van der Waals surface area contributed by atoms with E-state index in [1.807, 2.05) is 21.1 Å². The summed E-state index contributed by atoms with van der Waals surface area (Å²) in [5, 5.41) is 0. The standard InChI is InChI=1S/C29H58NO5P/c1-5-6-7-8-9-10-11-12-13-14-15-16-17-18-19-28-20-22-29(23-21-28)33-26-27-35-36(31,32)34-25-24-30(2,3)4/h19,29H,5-18,20-27H2,1-4H3/p+1. The summed E-state index contributed by atoms with van der Waals surface area (Å²) < 4.78 is 28.5. The van der Waals surface area contributed by atoms with E-state index in [-0.39, 0.29) is 19.3 Å². The molecule has 1 aliphatic rings. The lowest BCUT2D eigenvalue weighted by Gasteiger charge is -2.25. The maximum atomic E-state index is 11.9. The van der Waals surface area contributed by atoms with Gasteiger partial charge in [0, 0.05) is 0 Å². The van der Waals surface area contributed by atoms with Crippen LogP contribution in [0.25, 0.3) is 0 Å². The fourth-order valence-corrected chi connectivity index (χ4v) is 5.33. The van der Waals surface area contributed by atoms with Gasteiger partial charge in [0.2, 0.25) is 0 Å². The van der Waals surface area contributed by atoms with E-state index in [1.54, 1.807) is 5.57 Å². The first-order valence-electron chi connectivity index (χ1n) is 14.9. The van der Waals surface area contributed by atoms with Crippen molar-refractivity contribution in [3.8, 4) is 0 Å². The number of quaternary nitrogens is 1. The van der Waals surface area contributed by atoms with E-state index < -0.39 is 7.82 Å². The second-order valence-corrected chi connectivity index (χ2v) is 13.1. The second kappa shape index (κ2) is 20.7. The van der Waals surface area contributed by atoms with E-state index in [4.69, 9.17) is 13.8 Å². The third-order valence-electron chi connectivity index (χ3n) is 7.02. The minimum atomic E-state index is -3.99. The molecule has 0 bridgehead atoms. The van der Waals surface area contributed by atoms with Gasteiger partial charge in [-0.15, -0.1) is 0 Å². The van der Waals surface area contributed by atoms with E-state index in [1.165, 1.54) is 89.9 Å². The van der Waals surface area contributed by atoms with Gasteiger partial charge < -0.3 is 14.1 Å². The molecule has 36 heavy (non-hydrogen) atoms. The lowest BCUT2D eigenvalue weighted by Crippen LogP contribution is -2.37. The van der Waals surface area contributed by atoms with Crippen LogP contribution in [0.15, 0.2) is 11.6 Å². The van der Waals surface area contributed by atoms with Gasteiger partial charge in [0.05, 0.1) is 40.5 Å². The van der Waals surface area contributed by atoms with Crippen molar-refractivity contribution in [2.75, 3.05) is 47.5 Å². The first-order valence-corrected chi connectivity index (χ1v) is 16.4. The molecule has 0 aliphatic heterocycles. The Morgan fingerprint density at radius 1 is 0.806 bits per heavy atom. The van der Waals surface area contributed by atoms with Gasteiger partial charge in [-0.05, 0) is 38.5 Å². The zero-order chi connectivity index (χ0) is 26.5. The molecule has 1 aliphatic carbocycles. The maximum Gasteiger partial charge on any atom is 0.472 e. The minimum absolute atomic E-state index is 0.0798. The summed E-state index contributed by atoms with van der Waals surface area (Å²) in [7, 11) is 2.02. The highest BCUT2D eigenvalue weighted by Crippen LogP contribution is 2.42. The van der Waals surface area contributed by atoms with Crippen LogP contribution >= 0.6 is 7.82 Å². The fraction of sp³-hybridized carbons (Fsp3) is 0.931. The molecule has 0 spiro atoms. The Labute approximate surface area is 223 Å². The summed E-state index contributed by atoms with van der Waals surface area (Å²) >= 11 is 0. The predicted molar refractivity (Wildman–Crippen MR) is 151 cm³/mol. The van der Waals surface area contributed by atoms with Crippen molar-refractivity contribution < 1.29 is 27.7 Å². The van der Waals surface area contributed by atoms with Crippen molar-refractivity contribution in [2.24, 2.45) is 0 Å². The average Bonchev–Trinajstić information content (AvgIpc) is 2.82. The molecule has 0 amide bonds. The van der Waals surface area contributed by atoms with Crippen LogP contribution in [-0.2, 0) is 18.3 Å². The number of hydrogen-bond acceptors (Lipinski definition) is 4. The molecule has 1 saturated carbocycles. The number of allylic oxidation sites excluding steroid dienone is 2. The Kier molecular flexibility index (Phi) is 19.4. The molecule has 0 heterocycles. The Morgan fingerprint density at radius 3 is 1.83 bits per heavy atom. The molecule has 6 nitrogen and oxygen atoms in total. The van der Waals surface area contributed by atoms with Gasteiger partial charge in [0.15, 0.2) is 0 Å². The molecule has 1 unspecified atom stereocenters. The number of phosphoric ester groups is 1.